The molecule has 16 nitrogen and oxygen atoms in total. The van der Waals surface area contributed by atoms with E-state index in [-0.39, 0.29) is 42.3 Å². The van der Waals surface area contributed by atoms with E-state index in [1.54, 1.807) is 18.2 Å². The number of rotatable bonds is 15. The van der Waals surface area contributed by atoms with Gasteiger partial charge in [-0.15, -0.1) is 0 Å². The summed E-state index contributed by atoms with van der Waals surface area (Å²) in [6.07, 6.45) is 1.96. The van der Waals surface area contributed by atoms with Crippen molar-refractivity contribution in [3.8, 4) is 16.9 Å². The third kappa shape index (κ3) is 9.10. The van der Waals surface area contributed by atoms with Gasteiger partial charge in [-0.05, 0) is 68.3 Å². The number of aryl methyl sites for hydroxylation is 4. The second-order valence-corrected chi connectivity index (χ2v) is 17.7. The number of imide groups is 1. The number of halogens is 1. The molecule has 9 rings (SSSR count). The summed E-state index contributed by atoms with van der Waals surface area (Å²) in [5.41, 5.74) is 6.42. The zero-order valence-corrected chi connectivity index (χ0v) is 38.4. The van der Waals surface area contributed by atoms with Gasteiger partial charge in [0, 0.05) is 93.2 Å². The summed E-state index contributed by atoms with van der Waals surface area (Å²) in [6.45, 7) is 7.49. The molecule has 3 aromatic heterocycles. The average Bonchev–Trinajstić information content (AvgIpc) is 3.97. The molecule has 5 heterocycles. The third-order valence-corrected chi connectivity index (χ3v) is 13.4. The number of nitrogens with zero attached hydrogens (tertiary/aromatic N) is 6. The molecule has 0 saturated carbocycles. The number of benzene rings is 4. The number of fused-ring (bicyclic) bond motifs is 3. The van der Waals surface area contributed by atoms with Crippen LogP contribution < -0.4 is 15.4 Å². The molecule has 0 bridgehead atoms. The molecule has 2 fully saturated rings. The molecule has 4 aromatic carbocycles. The number of piperazine rings is 1. The maximum atomic E-state index is 13.5. The number of piperidine rings is 1. The first kappa shape index (κ1) is 45.1. The maximum absolute atomic E-state index is 13.5. The van der Waals surface area contributed by atoms with Gasteiger partial charge in [0.25, 0.3) is 5.91 Å². The predicted molar refractivity (Wildman–Crippen MR) is 254 cm³/mol. The second kappa shape index (κ2) is 19.1. The van der Waals surface area contributed by atoms with Crippen molar-refractivity contribution in [1.82, 2.24) is 44.7 Å². The van der Waals surface area contributed by atoms with Gasteiger partial charge in [-0.25, -0.2) is 9.78 Å². The lowest BCUT2D eigenvalue weighted by Crippen LogP contribution is -2.52. The van der Waals surface area contributed by atoms with Crippen molar-refractivity contribution in [3.05, 3.63) is 112 Å². The topological polar surface area (TPSA) is 197 Å². The number of H-pyrrole nitrogens is 1. The number of carbonyl (C=O) groups is 5. The molecule has 0 radical (unpaired) electrons. The van der Waals surface area contributed by atoms with Crippen LogP contribution in [0, 0.1) is 13.8 Å². The first-order valence-corrected chi connectivity index (χ1v) is 23.0. The summed E-state index contributed by atoms with van der Waals surface area (Å²) in [5, 5.41) is 24.1. The van der Waals surface area contributed by atoms with Gasteiger partial charge in [0.1, 0.15) is 28.8 Å². The second-order valence-electron chi connectivity index (χ2n) is 17.3. The zero-order chi connectivity index (χ0) is 46.9. The SMILES string of the molecule is Cc1nn(C)c(C)c1-c1c(Cl)ccc2c(CCCOc3cccc4ccccc34)c(C(=O)O)n(CCN3CCN(C(=O)CCc4nc5c(C(=O)NC6CCC(=O)NC6=O)cccc5[nH]4)CC3)c12. The first-order chi connectivity index (χ1) is 32.4. The number of carboxylic acid groups (broad SMARTS) is 1. The van der Waals surface area contributed by atoms with Crippen molar-refractivity contribution in [2.24, 2.45) is 7.05 Å². The smallest absolute Gasteiger partial charge is 0.352 e. The van der Waals surface area contributed by atoms with Crippen LogP contribution in [0.15, 0.2) is 72.8 Å². The van der Waals surface area contributed by atoms with Crippen molar-refractivity contribution >= 4 is 73.9 Å². The molecule has 17 heteroatoms. The Morgan fingerprint density at radius 1 is 0.910 bits per heavy atom. The van der Waals surface area contributed by atoms with E-state index in [4.69, 9.17) is 16.3 Å². The van der Waals surface area contributed by atoms with Gasteiger partial charge in [0.2, 0.25) is 17.7 Å². The molecule has 2 saturated heterocycles. The number of aromatic carboxylic acids is 1. The number of amides is 4. The standard InChI is InChI=1S/C50H52ClN9O7/c1-29-43(30(2)57(3)56-29)44-36(51)17-16-34-33(13-8-28-67-39-15-6-10-31-9-4-5-11-32(31)39)47(50(65)66)60(46(34)44)27-24-58-22-25-59(26-23-58)42(62)21-19-40-52-37-14-7-12-35(45(37)54-40)48(63)53-38-18-20-41(61)55-49(38)64/h4-7,9-12,14-17,38H,8,13,18-28H2,1-3H3,(H,52,54)(H,53,63)(H,65,66)(H,55,61,64). The highest BCUT2D eigenvalue weighted by atomic mass is 35.5. The quantitative estimate of drug-likeness (QED) is 0.0663. The van der Waals surface area contributed by atoms with E-state index in [9.17, 15) is 29.1 Å². The number of para-hydroxylation sites is 1. The lowest BCUT2D eigenvalue weighted by molar-refractivity contribution is -0.135. The third-order valence-electron chi connectivity index (χ3n) is 13.1. The molecular weight excluding hydrogens is 874 g/mol. The van der Waals surface area contributed by atoms with E-state index >= 15 is 0 Å². The Bertz CT molecular complexity index is 3080. The largest absolute Gasteiger partial charge is 0.493 e. The molecule has 346 valence electrons. The van der Waals surface area contributed by atoms with Gasteiger partial charge in [-0.3, -0.25) is 34.1 Å². The highest BCUT2D eigenvalue weighted by molar-refractivity contribution is 6.35. The lowest BCUT2D eigenvalue weighted by Gasteiger charge is -2.35. The Hall–Kier alpha value is -7.04. The van der Waals surface area contributed by atoms with Crippen LogP contribution in [0.4, 0.5) is 0 Å². The number of carbonyl (C=O) groups excluding carboxylic acids is 4. The van der Waals surface area contributed by atoms with Gasteiger partial charge < -0.3 is 29.6 Å². The molecule has 1 unspecified atom stereocenters. The van der Waals surface area contributed by atoms with Crippen LogP contribution in [0.1, 0.15) is 69.3 Å². The monoisotopic (exact) mass is 925 g/mol. The van der Waals surface area contributed by atoms with E-state index in [1.807, 2.05) is 89.6 Å². The van der Waals surface area contributed by atoms with Crippen LogP contribution in [0.3, 0.4) is 0 Å². The molecule has 7 aromatic rings. The molecule has 4 amide bonds. The first-order valence-electron chi connectivity index (χ1n) is 22.7. The Labute approximate surface area is 391 Å². The molecule has 1 atom stereocenters. The fraction of sp³-hybridized carbons (Fsp3) is 0.340. The normalized spacial score (nSPS) is 15.7. The minimum absolute atomic E-state index is 0.0175. The summed E-state index contributed by atoms with van der Waals surface area (Å²) >= 11 is 7.08. The number of nitrogens with one attached hydrogen (secondary N) is 3. The molecule has 0 aliphatic carbocycles. The molecule has 2 aliphatic rings. The number of imidazole rings is 1. The fourth-order valence-corrected chi connectivity index (χ4v) is 9.88. The van der Waals surface area contributed by atoms with E-state index < -0.39 is 23.8 Å². The predicted octanol–water partition coefficient (Wildman–Crippen LogP) is 6.36. The minimum atomic E-state index is -1.02. The van der Waals surface area contributed by atoms with E-state index in [2.05, 4.69) is 30.6 Å². The Morgan fingerprint density at radius 3 is 2.45 bits per heavy atom. The van der Waals surface area contributed by atoms with Crippen molar-refractivity contribution in [3.63, 3.8) is 0 Å². The van der Waals surface area contributed by atoms with Crippen LogP contribution in [0.5, 0.6) is 5.75 Å². The summed E-state index contributed by atoms with van der Waals surface area (Å²) in [7, 11) is 1.89. The number of hydrogen-bond acceptors (Lipinski definition) is 9. The minimum Gasteiger partial charge on any atom is -0.493 e. The number of ether oxygens (including phenoxy) is 1. The van der Waals surface area contributed by atoms with Gasteiger partial charge >= 0.3 is 5.97 Å². The van der Waals surface area contributed by atoms with Crippen molar-refractivity contribution in [2.75, 3.05) is 39.3 Å². The van der Waals surface area contributed by atoms with E-state index in [0.717, 1.165) is 55.5 Å². The van der Waals surface area contributed by atoms with Crippen molar-refractivity contribution in [1.29, 1.82) is 0 Å². The number of aromatic amines is 1. The van der Waals surface area contributed by atoms with Gasteiger partial charge in [-0.1, -0.05) is 60.1 Å². The number of aromatic nitrogens is 5. The maximum Gasteiger partial charge on any atom is 0.352 e. The average molecular weight is 926 g/mol. The number of carboxylic acids is 1. The van der Waals surface area contributed by atoms with Gasteiger partial charge in [0.15, 0.2) is 0 Å². The zero-order valence-electron chi connectivity index (χ0n) is 37.7. The van der Waals surface area contributed by atoms with Crippen LogP contribution >= 0.6 is 11.6 Å². The van der Waals surface area contributed by atoms with Crippen molar-refractivity contribution in [2.45, 2.75) is 65.0 Å². The summed E-state index contributed by atoms with van der Waals surface area (Å²) in [4.78, 5) is 75.9. The molecule has 2 aliphatic heterocycles. The van der Waals surface area contributed by atoms with E-state index in [0.29, 0.717) is 87.0 Å². The molecule has 67 heavy (non-hydrogen) atoms. The van der Waals surface area contributed by atoms with Gasteiger partial charge in [0.05, 0.1) is 33.9 Å². The van der Waals surface area contributed by atoms with Crippen LogP contribution in [0.25, 0.3) is 43.8 Å². The van der Waals surface area contributed by atoms with Crippen LogP contribution in [-0.4, -0.2) is 114 Å². The molecule has 4 N–H and O–H groups in total. The Kier molecular flexibility index (Phi) is 12.8. The summed E-state index contributed by atoms with van der Waals surface area (Å²) in [6, 6.07) is 22.2. The summed E-state index contributed by atoms with van der Waals surface area (Å²) < 4.78 is 10.0. The van der Waals surface area contributed by atoms with Crippen molar-refractivity contribution < 1.29 is 33.8 Å². The highest BCUT2D eigenvalue weighted by Crippen LogP contribution is 2.42. The van der Waals surface area contributed by atoms with E-state index in [1.165, 1.54) is 0 Å². The summed E-state index contributed by atoms with van der Waals surface area (Å²) in [5.74, 6) is -1.06. The lowest BCUT2D eigenvalue weighted by atomic mass is 9.98. The highest BCUT2D eigenvalue weighted by Gasteiger charge is 2.31. The Morgan fingerprint density at radius 2 is 1.69 bits per heavy atom. The number of hydrogen-bond donors (Lipinski definition) is 4. The molecular formula is C50H52ClN9O7. The van der Waals surface area contributed by atoms with Crippen LogP contribution in [0.2, 0.25) is 5.02 Å². The van der Waals surface area contributed by atoms with Gasteiger partial charge in [-0.2, -0.15) is 5.10 Å². The molecule has 0 spiro atoms. The Balaban J connectivity index is 0.879. The fourth-order valence-electron chi connectivity index (χ4n) is 9.64. The van der Waals surface area contributed by atoms with Crippen LogP contribution in [-0.2, 0) is 40.8 Å².